The molecule has 0 saturated carbocycles. The molecule has 0 unspecified atom stereocenters. The zero-order valence-electron chi connectivity index (χ0n) is 73.3. The summed E-state index contributed by atoms with van der Waals surface area (Å²) in [5.74, 6) is 7.02. The standard InChI is InChI=1S/C36H50O10.C16H26O4.C14H30O5.C12H25NO3.C8H18O2.H2S/c1-27(2)15-28-16-35(45-25-29-18-31(41-11-7-37-3)22-32(19-29)42-12-8-38-4)24-36(17-28)46-26-30-20-33(43-13-9-39-5)23-34(21-30)44-14-10-40-6;1-13(2)9-14-10-15(19-7-5-17-3)12-16(11-14)20-8-6-18-4;1-14(2,3)12-19-13(10-17-8-6-15-4)11-18-9-7-16-5;1-12(2,3)10-11(14)13(6-8-15-4)7-9-16-5;1-8(2,3)7-10-6-5-9-4;/h16-24,27H,7-15,25-26H2,1-6H3;10-13H,5-9H2,1-4H3;13H,6-12H2,1-5H3;6-10H2,1-5H3;5-7H2,1-4H3;1H2. The number of methoxy groups -OCH3 is 11. The maximum atomic E-state index is 12.0. The van der Waals surface area contributed by atoms with Crippen molar-refractivity contribution in [3.63, 3.8) is 0 Å². The smallest absolute Gasteiger partial charge is 0.223 e. The van der Waals surface area contributed by atoms with Gasteiger partial charge >= 0.3 is 0 Å². The van der Waals surface area contributed by atoms with E-state index in [1.165, 1.54) is 5.56 Å². The first-order valence-electron chi connectivity index (χ1n) is 38.6. The molecule has 1 amide bonds. The fourth-order valence-electron chi connectivity index (χ4n) is 9.40. The number of nitrogens with zero attached hydrogens (tertiary/aromatic N) is 1. The molecule has 0 fully saturated rings. The van der Waals surface area contributed by atoms with Crippen LogP contribution in [0.1, 0.15) is 119 Å². The van der Waals surface area contributed by atoms with Crippen LogP contribution >= 0.6 is 13.5 Å². The first-order valence-corrected chi connectivity index (χ1v) is 38.6. The summed E-state index contributed by atoms with van der Waals surface area (Å²) in [7, 11) is 18.2. The number of rotatable bonds is 57. The number of benzene rings is 4. The van der Waals surface area contributed by atoms with E-state index in [0.717, 1.165) is 47.6 Å². The van der Waals surface area contributed by atoms with E-state index in [4.69, 9.17) is 109 Å². The second-order valence-corrected chi connectivity index (χ2v) is 30.4. The van der Waals surface area contributed by atoms with Crippen molar-refractivity contribution in [2.45, 2.75) is 129 Å². The zero-order chi connectivity index (χ0) is 83.0. The Morgan fingerprint density at radius 1 is 0.304 bits per heavy atom. The van der Waals surface area contributed by atoms with Crippen LogP contribution < -0.4 is 37.9 Å². The average Bonchev–Trinajstić information content (AvgIpc) is 0.849. The van der Waals surface area contributed by atoms with Crippen LogP contribution in [0.3, 0.4) is 0 Å². The van der Waals surface area contributed by atoms with Gasteiger partial charge in [0.15, 0.2) is 0 Å². The summed E-state index contributed by atoms with van der Waals surface area (Å²) in [6.07, 6.45) is 2.39. The highest BCUT2D eigenvalue weighted by Gasteiger charge is 2.22. The van der Waals surface area contributed by atoms with Crippen molar-refractivity contribution < 1.29 is 114 Å². The van der Waals surface area contributed by atoms with Gasteiger partial charge in [-0.3, -0.25) is 4.79 Å². The predicted molar refractivity (Wildman–Crippen MR) is 447 cm³/mol. The van der Waals surface area contributed by atoms with Gasteiger partial charge in [0.2, 0.25) is 5.91 Å². The summed E-state index contributed by atoms with van der Waals surface area (Å²) in [5.41, 5.74) is 4.60. The number of hydrogen-bond donors (Lipinski definition) is 0. The number of carbonyl (C=O) groups is 1. The Morgan fingerprint density at radius 3 is 0.804 bits per heavy atom. The van der Waals surface area contributed by atoms with E-state index in [-0.39, 0.29) is 41.8 Å². The largest absolute Gasteiger partial charge is 0.491 e. The van der Waals surface area contributed by atoms with E-state index in [9.17, 15) is 4.79 Å². The SMILES string of the molecule is COCCN(CCOC)C(=O)CC(C)(C)C.COCCOCC(C)(C)C.COCCOCC(COCCOC)OCC(C)(C)C.COCCOc1cc(CC(C)C)cc(OCCOC)c1.COCCOc1cc(COc2cc(CC(C)C)cc(OCc3cc(OCCOC)cc(OCCOC)c3)c2)cc(OCCOC)c1.S. The van der Waals surface area contributed by atoms with Gasteiger partial charge in [0.25, 0.3) is 0 Å². The van der Waals surface area contributed by atoms with E-state index in [2.05, 4.69) is 114 Å². The highest BCUT2D eigenvalue weighted by Crippen LogP contribution is 2.31. The third-order valence-corrected chi connectivity index (χ3v) is 14.6. The van der Waals surface area contributed by atoms with E-state index < -0.39 is 0 Å². The van der Waals surface area contributed by atoms with Gasteiger partial charge in [0.1, 0.15) is 105 Å². The Hall–Kier alpha value is -5.50. The van der Waals surface area contributed by atoms with Gasteiger partial charge in [0.05, 0.1) is 119 Å². The maximum Gasteiger partial charge on any atom is 0.223 e. The number of hydrogen-bond acceptors (Lipinski definition) is 24. The molecule has 0 N–H and O–H groups in total. The summed E-state index contributed by atoms with van der Waals surface area (Å²) >= 11 is 0. The molecule has 4 aromatic carbocycles. The molecule has 4 rings (SSSR count). The number of ether oxygens (including phenoxy) is 23. The normalized spacial score (nSPS) is 11.3. The average molecular weight is 1620 g/mol. The van der Waals surface area contributed by atoms with Crippen LogP contribution in [0, 0.1) is 28.1 Å². The van der Waals surface area contributed by atoms with Crippen molar-refractivity contribution in [1.82, 2.24) is 4.90 Å². The first-order chi connectivity index (χ1) is 53.0. The zero-order valence-corrected chi connectivity index (χ0v) is 74.3. The van der Waals surface area contributed by atoms with Crippen molar-refractivity contribution >= 4 is 19.4 Å². The van der Waals surface area contributed by atoms with E-state index >= 15 is 0 Å². The van der Waals surface area contributed by atoms with E-state index in [1.54, 1.807) is 83.1 Å². The molecule has 0 heterocycles. The second kappa shape index (κ2) is 68.7. The molecule has 650 valence electrons. The summed E-state index contributed by atoms with van der Waals surface area (Å²) in [6.45, 7) is 43.0. The van der Waals surface area contributed by atoms with Crippen LogP contribution in [0.2, 0.25) is 0 Å². The Labute approximate surface area is 682 Å². The molecular formula is C86H151NO24S. The molecule has 112 heavy (non-hydrogen) atoms. The lowest BCUT2D eigenvalue weighted by Crippen LogP contribution is -2.38. The summed E-state index contributed by atoms with van der Waals surface area (Å²) < 4.78 is 125. The highest BCUT2D eigenvalue weighted by molar-refractivity contribution is 7.59. The van der Waals surface area contributed by atoms with Crippen molar-refractivity contribution in [2.24, 2.45) is 28.1 Å². The van der Waals surface area contributed by atoms with Crippen LogP contribution in [0.4, 0.5) is 0 Å². The van der Waals surface area contributed by atoms with Gasteiger partial charge in [-0.15, -0.1) is 0 Å². The van der Waals surface area contributed by atoms with Crippen LogP contribution in [0.5, 0.6) is 46.0 Å². The first kappa shape index (κ1) is 109. The fraction of sp³-hybridized carbons (Fsp3) is 0.709. The minimum Gasteiger partial charge on any atom is -0.491 e. The molecule has 4 aromatic rings. The van der Waals surface area contributed by atoms with Crippen molar-refractivity contribution in [3.8, 4) is 46.0 Å². The van der Waals surface area contributed by atoms with Gasteiger partial charge in [-0.1, -0.05) is 90.0 Å². The second-order valence-electron chi connectivity index (χ2n) is 30.4. The van der Waals surface area contributed by atoms with Crippen molar-refractivity contribution in [1.29, 1.82) is 0 Å². The third-order valence-electron chi connectivity index (χ3n) is 14.6. The van der Waals surface area contributed by atoms with Gasteiger partial charge < -0.3 is 114 Å². The monoisotopic (exact) mass is 1610 g/mol. The quantitative estimate of drug-likeness (QED) is 0.0374. The Bertz CT molecular complexity index is 2660. The summed E-state index contributed by atoms with van der Waals surface area (Å²) in [6, 6.07) is 23.6. The van der Waals surface area contributed by atoms with Crippen LogP contribution in [-0.4, -0.2) is 267 Å². The van der Waals surface area contributed by atoms with Gasteiger partial charge in [0, 0.05) is 122 Å². The predicted octanol–water partition coefficient (Wildman–Crippen LogP) is 14.2. The molecule has 0 spiro atoms. The molecule has 25 nitrogen and oxygen atoms in total. The van der Waals surface area contributed by atoms with Crippen LogP contribution in [0.15, 0.2) is 72.8 Å². The van der Waals surface area contributed by atoms with Crippen molar-refractivity contribution in [2.75, 3.05) is 250 Å². The minimum absolute atomic E-state index is 0. The lowest BCUT2D eigenvalue weighted by molar-refractivity contribution is -0.134. The molecule has 0 atom stereocenters. The summed E-state index contributed by atoms with van der Waals surface area (Å²) in [5, 5.41) is 0. The van der Waals surface area contributed by atoms with Gasteiger partial charge in [-0.2, -0.15) is 13.5 Å². The van der Waals surface area contributed by atoms with Gasteiger partial charge in [-0.25, -0.2) is 0 Å². The molecule has 0 aliphatic carbocycles. The molecular weight excluding hydrogens is 1460 g/mol. The highest BCUT2D eigenvalue weighted by atomic mass is 32.1. The molecule has 0 aromatic heterocycles. The summed E-state index contributed by atoms with van der Waals surface area (Å²) in [4.78, 5) is 13.8. The van der Waals surface area contributed by atoms with E-state index in [0.29, 0.717) is 231 Å². The molecule has 26 heteroatoms. The molecule has 0 saturated heterocycles. The maximum absolute atomic E-state index is 12.0. The Kier molecular flexibility index (Phi) is 66.6. The van der Waals surface area contributed by atoms with Crippen LogP contribution in [0.25, 0.3) is 0 Å². The molecule has 0 aliphatic rings. The van der Waals surface area contributed by atoms with Crippen molar-refractivity contribution in [3.05, 3.63) is 95.1 Å². The lowest BCUT2D eigenvalue weighted by Gasteiger charge is -2.26. The third kappa shape index (κ3) is 63.8. The van der Waals surface area contributed by atoms with Crippen LogP contribution in [-0.2, 0) is 102 Å². The minimum atomic E-state index is -0.0482. The fourth-order valence-corrected chi connectivity index (χ4v) is 9.40. The molecule has 0 aliphatic heterocycles. The molecule has 0 bridgehead atoms. The van der Waals surface area contributed by atoms with E-state index in [1.807, 2.05) is 48.5 Å². The Balaban J connectivity index is 0. The lowest BCUT2D eigenvalue weighted by atomic mass is 9.91. The van der Waals surface area contributed by atoms with Gasteiger partial charge in [-0.05, 0) is 112 Å². The topological polar surface area (TPSA) is 233 Å². The number of amides is 1. The Morgan fingerprint density at radius 2 is 0.554 bits per heavy atom. The number of carbonyl (C=O) groups excluding carboxylic acids is 1. The molecule has 0 radical (unpaired) electrons.